The maximum Gasteiger partial charge on any atom is 0.335 e. The summed E-state index contributed by atoms with van der Waals surface area (Å²) >= 11 is 0. The Labute approximate surface area is 201 Å². The summed E-state index contributed by atoms with van der Waals surface area (Å²) in [7, 11) is 0. The van der Waals surface area contributed by atoms with Crippen LogP contribution in [0.3, 0.4) is 0 Å². The van der Waals surface area contributed by atoms with Gasteiger partial charge in [0.2, 0.25) is 12.0 Å². The molecule has 1 aliphatic carbocycles. The minimum atomic E-state index is -1.81. The van der Waals surface area contributed by atoms with Crippen LogP contribution < -0.4 is 4.74 Å². The quantitative estimate of drug-likeness (QED) is 0.249. The molecular weight excluding hydrogens is 468 g/mol. The highest BCUT2D eigenvalue weighted by molar-refractivity contribution is 5.89. The van der Waals surface area contributed by atoms with Gasteiger partial charge in [0.1, 0.15) is 31.0 Å². The Morgan fingerprint density at radius 1 is 1.00 bits per heavy atom. The van der Waals surface area contributed by atoms with E-state index in [-0.39, 0.29) is 5.92 Å². The van der Waals surface area contributed by atoms with Crippen molar-refractivity contribution in [3.8, 4) is 17.2 Å². The van der Waals surface area contributed by atoms with Gasteiger partial charge in [0.15, 0.2) is 11.5 Å². The number of aromatic hydroxyl groups is 2. The van der Waals surface area contributed by atoms with Gasteiger partial charge in [0.25, 0.3) is 0 Å². The molecule has 0 radical (unpaired) electrons. The first-order valence-electron chi connectivity index (χ1n) is 11.3. The van der Waals surface area contributed by atoms with E-state index in [1.165, 1.54) is 0 Å². The average molecular weight is 500 g/mol. The maximum absolute atomic E-state index is 12.5. The molecule has 1 saturated heterocycles. The fraction of sp³-hybridized carbons (Fsp3) is 0.652. The second-order valence-electron chi connectivity index (χ2n) is 9.61. The molecule has 0 aromatic heterocycles. The summed E-state index contributed by atoms with van der Waals surface area (Å²) in [5.41, 5.74) is -1.26. The fourth-order valence-electron chi connectivity index (χ4n) is 4.43. The van der Waals surface area contributed by atoms with Gasteiger partial charge in [0, 0.05) is 0 Å². The Morgan fingerprint density at radius 2 is 1.57 bits per heavy atom. The molecule has 0 amide bonds. The third-order valence-corrected chi connectivity index (χ3v) is 6.65. The number of carbonyl (C=O) groups is 2. The number of aromatic carboxylic acids is 1. The third-order valence-electron chi connectivity index (χ3n) is 6.65. The van der Waals surface area contributed by atoms with E-state index in [1.54, 1.807) is 13.8 Å². The van der Waals surface area contributed by atoms with E-state index in [1.807, 2.05) is 0 Å². The van der Waals surface area contributed by atoms with Crippen molar-refractivity contribution in [3.63, 3.8) is 0 Å². The van der Waals surface area contributed by atoms with Gasteiger partial charge < -0.3 is 50.0 Å². The molecule has 196 valence electrons. The predicted octanol–water partition coefficient (Wildman–Crippen LogP) is 0.103. The van der Waals surface area contributed by atoms with Crippen LogP contribution in [-0.2, 0) is 14.3 Å². The lowest BCUT2D eigenvalue weighted by atomic mass is 9.75. The molecule has 1 heterocycles. The highest BCUT2D eigenvalue weighted by atomic mass is 16.7. The second-order valence-corrected chi connectivity index (χ2v) is 9.61. The van der Waals surface area contributed by atoms with Crippen molar-refractivity contribution in [1.82, 2.24) is 0 Å². The lowest BCUT2D eigenvalue weighted by molar-refractivity contribution is -0.279. The first kappa shape index (κ1) is 27.0. The topological polar surface area (TPSA) is 203 Å². The number of rotatable bonds is 7. The van der Waals surface area contributed by atoms with Crippen LogP contribution in [0.5, 0.6) is 17.2 Å². The molecule has 12 heteroatoms. The lowest BCUT2D eigenvalue weighted by Gasteiger charge is -2.40. The van der Waals surface area contributed by atoms with Crippen LogP contribution in [0.4, 0.5) is 0 Å². The summed E-state index contributed by atoms with van der Waals surface area (Å²) in [4.78, 5) is 23.6. The Kier molecular flexibility index (Phi) is 8.12. The smallest absolute Gasteiger partial charge is 0.335 e. The minimum absolute atomic E-state index is 0.0713. The van der Waals surface area contributed by atoms with E-state index in [4.69, 9.17) is 19.3 Å². The number of hydrogen-bond acceptors (Lipinski definition) is 11. The third kappa shape index (κ3) is 6.14. The van der Waals surface area contributed by atoms with E-state index in [0.717, 1.165) is 12.1 Å². The molecule has 0 unspecified atom stereocenters. The number of benzene rings is 1. The van der Waals surface area contributed by atoms with E-state index < -0.39 is 83.6 Å². The number of carbonyl (C=O) groups excluding carboxylic acids is 1. The number of aliphatic hydroxyl groups is 4. The molecule has 0 bridgehead atoms. The average Bonchev–Trinajstić information content (AvgIpc) is 2.79. The van der Waals surface area contributed by atoms with Crippen LogP contribution in [0, 0.1) is 11.8 Å². The number of hydrogen-bond donors (Lipinski definition) is 7. The zero-order chi connectivity index (χ0) is 26.1. The maximum atomic E-state index is 12.5. The molecule has 5 atom stereocenters. The number of phenolic OH excluding ortho intramolecular Hbond substituents is 2. The number of ether oxygens (including phenoxy) is 3. The largest absolute Gasteiger partial charge is 0.504 e. The van der Waals surface area contributed by atoms with Crippen LogP contribution in [0.1, 0.15) is 49.9 Å². The Bertz CT molecular complexity index is 895. The molecule has 7 N–H and O–H groups in total. The van der Waals surface area contributed by atoms with Gasteiger partial charge >= 0.3 is 11.9 Å². The van der Waals surface area contributed by atoms with E-state index in [2.05, 4.69) is 0 Å². The lowest BCUT2D eigenvalue weighted by Crippen LogP contribution is -2.60. The summed E-state index contributed by atoms with van der Waals surface area (Å²) in [5.74, 6) is -4.38. The first-order valence-corrected chi connectivity index (χ1v) is 11.3. The van der Waals surface area contributed by atoms with Gasteiger partial charge in [-0.25, -0.2) is 4.79 Å². The monoisotopic (exact) mass is 500 g/mol. The summed E-state index contributed by atoms with van der Waals surface area (Å²) in [6.45, 7) is 3.00. The number of carboxylic acids is 1. The Balaban J connectivity index is 1.62. The molecule has 2 fully saturated rings. The molecule has 0 spiro atoms. The van der Waals surface area contributed by atoms with E-state index in [9.17, 15) is 40.2 Å². The van der Waals surface area contributed by atoms with Gasteiger partial charge in [-0.1, -0.05) is 0 Å². The first-order chi connectivity index (χ1) is 16.3. The van der Waals surface area contributed by atoms with Crippen LogP contribution in [-0.4, -0.2) is 90.6 Å². The summed E-state index contributed by atoms with van der Waals surface area (Å²) in [6.07, 6.45) is -5.88. The van der Waals surface area contributed by atoms with Gasteiger partial charge in [0.05, 0.1) is 17.1 Å². The molecule has 1 aromatic rings. The van der Waals surface area contributed by atoms with Crippen molar-refractivity contribution in [2.24, 2.45) is 11.8 Å². The van der Waals surface area contributed by atoms with Crippen molar-refractivity contribution < 1.29 is 59.5 Å². The SMILES string of the molecule is CC(C)(O)C1CCC(C(=O)OC[C@H]2O[C@@H](Oc3c(O)cc(C(=O)O)cc3O)[C@H](O)[C@@H](O)[C@@H]2O)CC1. The minimum Gasteiger partial charge on any atom is -0.504 e. The second kappa shape index (κ2) is 10.5. The zero-order valence-electron chi connectivity index (χ0n) is 19.4. The molecule has 1 aromatic carbocycles. The number of aliphatic hydroxyl groups excluding tert-OH is 3. The van der Waals surface area contributed by atoms with Crippen LogP contribution >= 0.6 is 0 Å². The van der Waals surface area contributed by atoms with Gasteiger partial charge in [-0.05, 0) is 57.6 Å². The number of carboxylic acid groups (broad SMARTS) is 1. The van der Waals surface area contributed by atoms with Crippen LogP contribution in [0.2, 0.25) is 0 Å². The highest BCUT2D eigenvalue weighted by Crippen LogP contribution is 2.39. The highest BCUT2D eigenvalue weighted by Gasteiger charge is 2.46. The van der Waals surface area contributed by atoms with Crippen molar-refractivity contribution >= 4 is 11.9 Å². The van der Waals surface area contributed by atoms with E-state index >= 15 is 0 Å². The van der Waals surface area contributed by atoms with E-state index in [0.29, 0.717) is 25.7 Å². The molecule has 1 saturated carbocycles. The van der Waals surface area contributed by atoms with Crippen molar-refractivity contribution in [2.45, 2.75) is 75.8 Å². The molecular formula is C23H32O12. The molecule has 1 aliphatic heterocycles. The fourth-order valence-corrected chi connectivity index (χ4v) is 4.43. The van der Waals surface area contributed by atoms with Gasteiger partial charge in [-0.3, -0.25) is 4.79 Å². The molecule has 2 aliphatic rings. The van der Waals surface area contributed by atoms with Gasteiger partial charge in [-0.2, -0.15) is 0 Å². The van der Waals surface area contributed by atoms with Crippen LogP contribution in [0.25, 0.3) is 0 Å². The molecule has 12 nitrogen and oxygen atoms in total. The number of phenols is 2. The van der Waals surface area contributed by atoms with Crippen LogP contribution in [0.15, 0.2) is 12.1 Å². The predicted molar refractivity (Wildman–Crippen MR) is 117 cm³/mol. The van der Waals surface area contributed by atoms with Crippen molar-refractivity contribution in [3.05, 3.63) is 17.7 Å². The molecule has 3 rings (SSSR count). The van der Waals surface area contributed by atoms with Crippen molar-refractivity contribution in [1.29, 1.82) is 0 Å². The Hall–Kier alpha value is -2.64. The molecule has 35 heavy (non-hydrogen) atoms. The van der Waals surface area contributed by atoms with Crippen molar-refractivity contribution in [2.75, 3.05) is 6.61 Å². The summed E-state index contributed by atoms with van der Waals surface area (Å²) in [5, 5.41) is 69.9. The Morgan fingerprint density at radius 3 is 2.09 bits per heavy atom. The number of esters is 1. The van der Waals surface area contributed by atoms with Gasteiger partial charge in [-0.15, -0.1) is 0 Å². The zero-order valence-corrected chi connectivity index (χ0v) is 19.4. The summed E-state index contributed by atoms with van der Waals surface area (Å²) in [6, 6.07) is 1.62. The standard InChI is InChI=1S/C23H32O12/c1-23(2,32)12-5-3-10(4-6-12)21(31)33-9-15-16(26)17(27)18(28)22(34-15)35-19-13(24)7-11(20(29)30)8-14(19)25/h7-8,10,12,15-18,22,24-28,32H,3-6,9H2,1-2H3,(H,29,30)/t10?,12?,15-,16-,17+,18-,22+/m1/s1. The normalized spacial score (nSPS) is 31.5. The summed E-state index contributed by atoms with van der Waals surface area (Å²) < 4.78 is 16.0.